The first-order chi connectivity index (χ1) is 10.1. The van der Waals surface area contributed by atoms with Crippen LogP contribution in [-0.4, -0.2) is 16.8 Å². The van der Waals surface area contributed by atoms with Crippen LogP contribution in [0.15, 0.2) is 48.5 Å². The van der Waals surface area contributed by atoms with Crippen LogP contribution in [0.3, 0.4) is 0 Å². The smallest absolute Gasteiger partial charge is 0.254 e. The molecule has 2 nitrogen and oxygen atoms in total. The van der Waals surface area contributed by atoms with Crippen molar-refractivity contribution in [3.8, 4) is 0 Å². The predicted molar refractivity (Wildman–Crippen MR) is 80.5 cm³/mol. The van der Waals surface area contributed by atoms with E-state index in [1.54, 1.807) is 19.1 Å². The standard InChI is InChI=1S/C18H18FNO/c1-13-11-15(7-10-17(13)19)18(21)20(16-8-9-16)12-14-5-3-2-4-6-14/h2-7,10-11,16H,8-9,12H2,1H3. The number of nitrogens with zero attached hydrogens (tertiary/aromatic N) is 1. The van der Waals surface area contributed by atoms with Gasteiger partial charge in [0.1, 0.15) is 5.82 Å². The van der Waals surface area contributed by atoms with Crippen LogP contribution in [0.2, 0.25) is 0 Å². The van der Waals surface area contributed by atoms with Crippen LogP contribution in [0.5, 0.6) is 0 Å². The van der Waals surface area contributed by atoms with Crippen LogP contribution >= 0.6 is 0 Å². The molecule has 1 aliphatic rings. The number of halogens is 1. The van der Waals surface area contributed by atoms with Gasteiger partial charge in [-0.05, 0) is 49.1 Å². The Bertz CT molecular complexity index is 650. The van der Waals surface area contributed by atoms with Crippen molar-refractivity contribution in [3.63, 3.8) is 0 Å². The first-order valence-corrected chi connectivity index (χ1v) is 7.26. The maximum atomic E-state index is 13.4. The SMILES string of the molecule is Cc1cc(C(=O)N(Cc2ccccc2)C2CC2)ccc1F. The van der Waals surface area contributed by atoms with Crippen molar-refractivity contribution in [2.24, 2.45) is 0 Å². The molecule has 1 saturated carbocycles. The molecule has 1 aliphatic carbocycles. The van der Waals surface area contributed by atoms with Crippen molar-refractivity contribution >= 4 is 5.91 Å². The largest absolute Gasteiger partial charge is 0.331 e. The van der Waals surface area contributed by atoms with E-state index < -0.39 is 0 Å². The van der Waals surface area contributed by atoms with Crippen molar-refractivity contribution in [1.82, 2.24) is 4.90 Å². The maximum Gasteiger partial charge on any atom is 0.254 e. The number of rotatable bonds is 4. The van der Waals surface area contributed by atoms with E-state index in [4.69, 9.17) is 0 Å². The Morgan fingerprint density at radius 3 is 2.52 bits per heavy atom. The number of hydrogen-bond acceptors (Lipinski definition) is 1. The molecular formula is C18H18FNO. The first kappa shape index (κ1) is 13.8. The van der Waals surface area contributed by atoms with Crippen molar-refractivity contribution in [1.29, 1.82) is 0 Å². The van der Waals surface area contributed by atoms with E-state index in [0.717, 1.165) is 18.4 Å². The second-order valence-electron chi connectivity index (χ2n) is 5.61. The lowest BCUT2D eigenvalue weighted by molar-refractivity contribution is 0.0730. The molecule has 0 bridgehead atoms. The molecule has 1 fully saturated rings. The van der Waals surface area contributed by atoms with Gasteiger partial charge in [-0.1, -0.05) is 30.3 Å². The Balaban J connectivity index is 1.83. The topological polar surface area (TPSA) is 20.3 Å². The molecule has 0 aromatic heterocycles. The van der Waals surface area contributed by atoms with E-state index >= 15 is 0 Å². The predicted octanol–water partition coefficient (Wildman–Crippen LogP) is 3.94. The molecule has 21 heavy (non-hydrogen) atoms. The van der Waals surface area contributed by atoms with Crippen molar-refractivity contribution in [2.45, 2.75) is 32.4 Å². The van der Waals surface area contributed by atoms with Crippen LogP contribution < -0.4 is 0 Å². The number of carbonyl (C=O) groups is 1. The van der Waals surface area contributed by atoms with Crippen LogP contribution in [0.1, 0.15) is 34.3 Å². The lowest BCUT2D eigenvalue weighted by Gasteiger charge is -2.23. The zero-order chi connectivity index (χ0) is 14.8. The number of amides is 1. The van der Waals surface area contributed by atoms with Crippen molar-refractivity contribution in [3.05, 3.63) is 71.0 Å². The molecule has 0 aliphatic heterocycles. The summed E-state index contributed by atoms with van der Waals surface area (Å²) < 4.78 is 13.4. The van der Waals surface area contributed by atoms with E-state index in [1.807, 2.05) is 35.2 Å². The fraction of sp³-hybridized carbons (Fsp3) is 0.278. The molecule has 0 spiro atoms. The Morgan fingerprint density at radius 2 is 1.90 bits per heavy atom. The lowest BCUT2D eigenvalue weighted by atomic mass is 10.1. The van der Waals surface area contributed by atoms with Crippen LogP contribution in [0.25, 0.3) is 0 Å². The van der Waals surface area contributed by atoms with E-state index in [-0.39, 0.29) is 11.7 Å². The first-order valence-electron chi connectivity index (χ1n) is 7.26. The molecule has 0 heterocycles. The highest BCUT2D eigenvalue weighted by molar-refractivity contribution is 5.94. The zero-order valence-electron chi connectivity index (χ0n) is 12.1. The molecule has 2 aromatic rings. The van der Waals surface area contributed by atoms with Gasteiger partial charge < -0.3 is 4.90 Å². The minimum atomic E-state index is -0.271. The zero-order valence-corrected chi connectivity index (χ0v) is 12.1. The Morgan fingerprint density at radius 1 is 1.19 bits per heavy atom. The Hall–Kier alpha value is -2.16. The molecular weight excluding hydrogens is 265 g/mol. The van der Waals surface area contributed by atoms with Gasteiger partial charge in [0.15, 0.2) is 0 Å². The van der Waals surface area contributed by atoms with Gasteiger partial charge in [-0.25, -0.2) is 4.39 Å². The molecule has 108 valence electrons. The number of hydrogen-bond donors (Lipinski definition) is 0. The third-order valence-electron chi connectivity index (χ3n) is 3.85. The van der Waals surface area contributed by atoms with Gasteiger partial charge in [-0.2, -0.15) is 0 Å². The van der Waals surface area contributed by atoms with E-state index in [2.05, 4.69) is 0 Å². The second kappa shape index (κ2) is 5.68. The molecule has 0 saturated heterocycles. The summed E-state index contributed by atoms with van der Waals surface area (Å²) in [5, 5.41) is 0. The average molecular weight is 283 g/mol. The molecule has 2 aromatic carbocycles. The molecule has 3 heteroatoms. The van der Waals surface area contributed by atoms with Gasteiger partial charge in [0.05, 0.1) is 0 Å². The third kappa shape index (κ3) is 3.13. The van der Waals surface area contributed by atoms with Crippen LogP contribution in [0, 0.1) is 12.7 Å². The third-order valence-corrected chi connectivity index (χ3v) is 3.85. The minimum absolute atomic E-state index is 0.00977. The van der Waals surface area contributed by atoms with E-state index in [0.29, 0.717) is 23.7 Å². The van der Waals surface area contributed by atoms with Crippen molar-refractivity contribution < 1.29 is 9.18 Å². The molecule has 0 unspecified atom stereocenters. The highest BCUT2D eigenvalue weighted by atomic mass is 19.1. The van der Waals surface area contributed by atoms with Gasteiger partial charge >= 0.3 is 0 Å². The summed E-state index contributed by atoms with van der Waals surface area (Å²) in [5.41, 5.74) is 2.20. The minimum Gasteiger partial charge on any atom is -0.331 e. The summed E-state index contributed by atoms with van der Waals surface area (Å²) in [6.07, 6.45) is 2.11. The Kier molecular flexibility index (Phi) is 3.74. The number of aryl methyl sites for hydroxylation is 1. The molecule has 0 atom stereocenters. The molecule has 0 radical (unpaired) electrons. The van der Waals surface area contributed by atoms with Gasteiger partial charge in [-0.15, -0.1) is 0 Å². The second-order valence-corrected chi connectivity index (χ2v) is 5.61. The summed E-state index contributed by atoms with van der Waals surface area (Å²) >= 11 is 0. The van der Waals surface area contributed by atoms with Gasteiger partial charge in [0, 0.05) is 18.2 Å². The normalized spacial score (nSPS) is 14.0. The number of carbonyl (C=O) groups excluding carboxylic acids is 1. The summed E-state index contributed by atoms with van der Waals surface area (Å²) in [4.78, 5) is 14.6. The molecule has 1 amide bonds. The quantitative estimate of drug-likeness (QED) is 0.832. The average Bonchev–Trinajstić information content (AvgIpc) is 3.33. The number of benzene rings is 2. The van der Waals surface area contributed by atoms with Gasteiger partial charge in [-0.3, -0.25) is 4.79 Å². The monoisotopic (exact) mass is 283 g/mol. The van der Waals surface area contributed by atoms with Gasteiger partial charge in [0.2, 0.25) is 0 Å². The van der Waals surface area contributed by atoms with Crippen LogP contribution in [-0.2, 0) is 6.54 Å². The van der Waals surface area contributed by atoms with Crippen molar-refractivity contribution in [2.75, 3.05) is 0 Å². The summed E-state index contributed by atoms with van der Waals surface area (Å²) in [6.45, 7) is 2.30. The fourth-order valence-corrected chi connectivity index (χ4v) is 2.48. The highest BCUT2D eigenvalue weighted by Gasteiger charge is 2.33. The van der Waals surface area contributed by atoms with E-state index in [9.17, 15) is 9.18 Å². The molecule has 0 N–H and O–H groups in total. The van der Waals surface area contributed by atoms with Gasteiger partial charge in [0.25, 0.3) is 5.91 Å². The summed E-state index contributed by atoms with van der Waals surface area (Å²) in [6, 6.07) is 14.9. The summed E-state index contributed by atoms with van der Waals surface area (Å²) in [5.74, 6) is -0.281. The van der Waals surface area contributed by atoms with Crippen LogP contribution in [0.4, 0.5) is 4.39 Å². The Labute approximate surface area is 124 Å². The summed E-state index contributed by atoms with van der Waals surface area (Å²) in [7, 11) is 0. The maximum absolute atomic E-state index is 13.4. The molecule has 3 rings (SSSR count). The highest BCUT2D eigenvalue weighted by Crippen LogP contribution is 2.30. The lowest BCUT2D eigenvalue weighted by Crippen LogP contribution is -2.32. The fourth-order valence-electron chi connectivity index (χ4n) is 2.48. The van der Waals surface area contributed by atoms with E-state index in [1.165, 1.54) is 6.07 Å².